The number of H-pyrrole nitrogens is 1. The van der Waals surface area contributed by atoms with Crippen molar-refractivity contribution in [3.8, 4) is 0 Å². The second-order valence-electron chi connectivity index (χ2n) is 3.94. The molecule has 4 heteroatoms. The topological polar surface area (TPSA) is 50.7 Å². The molecule has 0 bridgehead atoms. The first-order chi connectivity index (χ1) is 7.70. The van der Waals surface area contributed by atoms with Crippen LogP contribution in [0.3, 0.4) is 0 Å². The molecule has 0 saturated heterocycles. The average molecular weight is 213 g/mol. The minimum Gasteiger partial charge on any atom is -0.339 e. The van der Waals surface area contributed by atoms with Crippen LogP contribution < -0.4 is 5.56 Å². The van der Waals surface area contributed by atoms with E-state index < -0.39 is 0 Å². The van der Waals surface area contributed by atoms with E-state index in [1.165, 1.54) is 0 Å². The van der Waals surface area contributed by atoms with Crippen molar-refractivity contribution in [2.24, 2.45) is 7.05 Å². The molecule has 0 saturated carbocycles. The Morgan fingerprint density at radius 2 is 2.06 bits per heavy atom. The maximum Gasteiger partial charge on any atom is 0.288 e. The van der Waals surface area contributed by atoms with Crippen LogP contribution in [0, 0.1) is 6.92 Å². The highest BCUT2D eigenvalue weighted by atomic mass is 16.1. The van der Waals surface area contributed by atoms with Crippen molar-refractivity contribution in [2.45, 2.75) is 6.92 Å². The molecule has 1 aromatic carbocycles. The highest BCUT2D eigenvalue weighted by Gasteiger charge is 2.13. The van der Waals surface area contributed by atoms with Gasteiger partial charge in [0.1, 0.15) is 5.52 Å². The first kappa shape index (κ1) is 9.15. The molecule has 0 spiro atoms. The van der Waals surface area contributed by atoms with Crippen LogP contribution in [0.25, 0.3) is 21.8 Å². The van der Waals surface area contributed by atoms with Crippen molar-refractivity contribution in [1.29, 1.82) is 0 Å². The molecule has 0 atom stereocenters. The maximum absolute atomic E-state index is 11.8. The molecular formula is C12H11N3O. The molecule has 0 aliphatic rings. The van der Waals surface area contributed by atoms with E-state index in [1.54, 1.807) is 0 Å². The van der Waals surface area contributed by atoms with Gasteiger partial charge in [0.25, 0.3) is 5.56 Å². The molecular weight excluding hydrogens is 202 g/mol. The second-order valence-corrected chi connectivity index (χ2v) is 3.94. The molecule has 2 aromatic heterocycles. The van der Waals surface area contributed by atoms with Gasteiger partial charge in [-0.05, 0) is 13.0 Å². The van der Waals surface area contributed by atoms with Gasteiger partial charge in [-0.2, -0.15) is 5.10 Å². The SMILES string of the molecule is Cc1n[nH]c(=O)c2c1c1ccccc1n2C. The summed E-state index contributed by atoms with van der Waals surface area (Å²) in [5.41, 5.74) is 2.46. The summed E-state index contributed by atoms with van der Waals surface area (Å²) in [4.78, 5) is 11.8. The number of aryl methyl sites for hydroxylation is 2. The summed E-state index contributed by atoms with van der Waals surface area (Å²) in [5, 5.41) is 8.56. The van der Waals surface area contributed by atoms with Gasteiger partial charge in [0.05, 0.1) is 5.69 Å². The highest BCUT2D eigenvalue weighted by Crippen LogP contribution is 2.26. The fourth-order valence-electron chi connectivity index (χ4n) is 2.27. The Labute approximate surface area is 91.5 Å². The number of rotatable bonds is 0. The third kappa shape index (κ3) is 0.984. The molecule has 0 amide bonds. The van der Waals surface area contributed by atoms with Gasteiger partial charge >= 0.3 is 0 Å². The number of nitrogens with one attached hydrogen (secondary N) is 1. The number of nitrogens with zero attached hydrogens (tertiary/aromatic N) is 2. The number of hydrogen-bond acceptors (Lipinski definition) is 2. The lowest BCUT2D eigenvalue weighted by molar-refractivity contribution is 0.937. The zero-order chi connectivity index (χ0) is 11.3. The van der Waals surface area contributed by atoms with Crippen molar-refractivity contribution in [2.75, 3.05) is 0 Å². The fourth-order valence-corrected chi connectivity index (χ4v) is 2.27. The van der Waals surface area contributed by atoms with Gasteiger partial charge in [-0.1, -0.05) is 18.2 Å². The fraction of sp³-hybridized carbons (Fsp3) is 0.167. The van der Waals surface area contributed by atoms with E-state index in [0.29, 0.717) is 5.52 Å². The quantitative estimate of drug-likeness (QED) is 0.618. The van der Waals surface area contributed by atoms with Gasteiger partial charge in [0, 0.05) is 23.3 Å². The number of aromatic nitrogens is 3. The van der Waals surface area contributed by atoms with Crippen molar-refractivity contribution >= 4 is 21.8 Å². The standard InChI is InChI=1S/C12H11N3O/c1-7-10-8-5-3-4-6-9(8)15(2)11(10)12(16)14-13-7/h3-6H,1-2H3,(H,14,16). The minimum atomic E-state index is -0.140. The summed E-state index contributed by atoms with van der Waals surface area (Å²) >= 11 is 0. The lowest BCUT2D eigenvalue weighted by atomic mass is 10.1. The molecule has 16 heavy (non-hydrogen) atoms. The van der Waals surface area contributed by atoms with Gasteiger partial charge in [0.15, 0.2) is 0 Å². The van der Waals surface area contributed by atoms with Crippen LogP contribution in [0.2, 0.25) is 0 Å². The van der Waals surface area contributed by atoms with Crippen molar-refractivity contribution < 1.29 is 0 Å². The summed E-state index contributed by atoms with van der Waals surface area (Å²) in [5.74, 6) is 0. The summed E-state index contributed by atoms with van der Waals surface area (Å²) < 4.78 is 1.91. The molecule has 1 N–H and O–H groups in total. The van der Waals surface area contributed by atoms with E-state index >= 15 is 0 Å². The number of benzene rings is 1. The monoisotopic (exact) mass is 213 g/mol. The predicted molar refractivity (Wildman–Crippen MR) is 63.6 cm³/mol. The molecule has 0 aliphatic heterocycles. The van der Waals surface area contributed by atoms with Crippen molar-refractivity contribution in [3.05, 3.63) is 40.3 Å². The van der Waals surface area contributed by atoms with Gasteiger partial charge in [0.2, 0.25) is 0 Å². The van der Waals surface area contributed by atoms with Crippen LogP contribution >= 0.6 is 0 Å². The van der Waals surface area contributed by atoms with Crippen LogP contribution in [0.1, 0.15) is 5.69 Å². The van der Waals surface area contributed by atoms with Gasteiger partial charge in [-0.15, -0.1) is 0 Å². The van der Waals surface area contributed by atoms with E-state index in [9.17, 15) is 4.79 Å². The maximum atomic E-state index is 11.8. The minimum absolute atomic E-state index is 0.140. The van der Waals surface area contributed by atoms with E-state index in [1.807, 2.05) is 42.8 Å². The van der Waals surface area contributed by atoms with Crippen molar-refractivity contribution in [1.82, 2.24) is 14.8 Å². The number of aromatic amines is 1. The molecule has 4 nitrogen and oxygen atoms in total. The highest BCUT2D eigenvalue weighted by molar-refractivity contribution is 6.08. The first-order valence-electron chi connectivity index (χ1n) is 5.12. The van der Waals surface area contributed by atoms with Crippen LogP contribution in [-0.4, -0.2) is 14.8 Å². The zero-order valence-electron chi connectivity index (χ0n) is 9.11. The van der Waals surface area contributed by atoms with E-state index in [-0.39, 0.29) is 5.56 Å². The van der Waals surface area contributed by atoms with Crippen LogP contribution in [-0.2, 0) is 7.05 Å². The molecule has 0 unspecified atom stereocenters. The predicted octanol–water partition coefficient (Wildman–Crippen LogP) is 1.72. The molecule has 2 heterocycles. The van der Waals surface area contributed by atoms with Crippen LogP contribution in [0.15, 0.2) is 29.1 Å². The van der Waals surface area contributed by atoms with Crippen LogP contribution in [0.4, 0.5) is 0 Å². The normalized spacial score (nSPS) is 11.4. The molecule has 3 rings (SSSR count). The summed E-state index contributed by atoms with van der Waals surface area (Å²) in [6, 6.07) is 7.97. The van der Waals surface area contributed by atoms with Gasteiger partial charge in [-0.3, -0.25) is 4.79 Å². The van der Waals surface area contributed by atoms with Crippen LogP contribution in [0.5, 0.6) is 0 Å². The lowest BCUT2D eigenvalue weighted by Gasteiger charge is -1.96. The molecule has 0 fully saturated rings. The summed E-state index contributed by atoms with van der Waals surface area (Å²) in [7, 11) is 1.90. The van der Waals surface area contributed by atoms with E-state index in [2.05, 4.69) is 10.2 Å². The molecule has 0 aliphatic carbocycles. The zero-order valence-corrected chi connectivity index (χ0v) is 9.11. The average Bonchev–Trinajstić information content (AvgIpc) is 2.60. The summed E-state index contributed by atoms with van der Waals surface area (Å²) in [6.45, 7) is 1.91. The number of hydrogen-bond donors (Lipinski definition) is 1. The van der Waals surface area contributed by atoms with E-state index in [0.717, 1.165) is 22.0 Å². The van der Waals surface area contributed by atoms with Gasteiger partial charge in [-0.25, -0.2) is 5.10 Å². The Bertz CT molecular complexity index is 752. The number of fused-ring (bicyclic) bond motifs is 3. The lowest BCUT2D eigenvalue weighted by Crippen LogP contribution is -2.11. The Balaban J connectivity index is 2.78. The smallest absolute Gasteiger partial charge is 0.288 e. The van der Waals surface area contributed by atoms with Gasteiger partial charge < -0.3 is 4.57 Å². The third-order valence-corrected chi connectivity index (χ3v) is 3.01. The third-order valence-electron chi connectivity index (χ3n) is 3.01. The molecule has 80 valence electrons. The first-order valence-corrected chi connectivity index (χ1v) is 5.12. The van der Waals surface area contributed by atoms with E-state index in [4.69, 9.17) is 0 Å². The molecule has 3 aromatic rings. The largest absolute Gasteiger partial charge is 0.339 e. The number of para-hydroxylation sites is 1. The summed E-state index contributed by atoms with van der Waals surface area (Å²) in [6.07, 6.45) is 0. The molecule has 0 radical (unpaired) electrons. The Morgan fingerprint density at radius 3 is 2.88 bits per heavy atom. The Morgan fingerprint density at radius 1 is 1.31 bits per heavy atom. The van der Waals surface area contributed by atoms with Crippen molar-refractivity contribution in [3.63, 3.8) is 0 Å². The Kier molecular flexibility index (Phi) is 1.68. The second kappa shape index (κ2) is 2.95. The Hall–Kier alpha value is -2.10.